The number of nitriles is 1. The first-order chi connectivity index (χ1) is 22.7. The van der Waals surface area contributed by atoms with Crippen LogP contribution < -0.4 is 10.6 Å². The first-order valence-electron chi connectivity index (χ1n) is 15.9. The van der Waals surface area contributed by atoms with Crippen molar-refractivity contribution in [2.45, 2.75) is 45.1 Å². The van der Waals surface area contributed by atoms with Gasteiger partial charge in [-0.25, -0.2) is 0 Å². The number of likely N-dealkylation sites (N-methyl/N-ethyl adjacent to an activating group) is 1. The number of hydrogen-bond acceptors (Lipinski definition) is 7. The SMILES string of the molecule is CNC(=O)[C@@H](NC(=O)[C@@H]1CN(C(=O)c2cnn(Cc3ccccc3)c2)CC12CN(C(=O)C1(C#N)CC1)C2)[C@@H](C)OCc1ccccc1. The van der Waals surface area contributed by atoms with Crippen LogP contribution in [0.5, 0.6) is 0 Å². The van der Waals surface area contributed by atoms with Crippen LogP contribution in [0.4, 0.5) is 0 Å². The third-order valence-electron chi connectivity index (χ3n) is 9.64. The molecule has 1 aromatic heterocycles. The third-order valence-corrected chi connectivity index (χ3v) is 9.64. The van der Waals surface area contributed by atoms with Crippen LogP contribution in [0.2, 0.25) is 0 Å². The van der Waals surface area contributed by atoms with Crippen molar-refractivity contribution in [3.8, 4) is 6.07 Å². The Balaban J connectivity index is 1.18. The van der Waals surface area contributed by atoms with Crippen molar-refractivity contribution in [1.29, 1.82) is 5.26 Å². The van der Waals surface area contributed by atoms with Crippen LogP contribution >= 0.6 is 0 Å². The minimum Gasteiger partial charge on any atom is -0.371 e. The largest absolute Gasteiger partial charge is 0.371 e. The van der Waals surface area contributed by atoms with Gasteiger partial charge in [-0.3, -0.25) is 23.9 Å². The second-order valence-electron chi connectivity index (χ2n) is 13.0. The van der Waals surface area contributed by atoms with E-state index < -0.39 is 40.7 Å². The number of ether oxygens (including phenoxy) is 1. The van der Waals surface area contributed by atoms with Gasteiger partial charge < -0.3 is 25.2 Å². The number of carbonyl (C=O) groups excluding carboxylic acids is 4. The molecule has 1 aliphatic carbocycles. The van der Waals surface area contributed by atoms with Gasteiger partial charge in [0.05, 0.1) is 43.0 Å². The van der Waals surface area contributed by atoms with Gasteiger partial charge in [-0.05, 0) is 30.9 Å². The van der Waals surface area contributed by atoms with E-state index in [0.29, 0.717) is 24.9 Å². The number of aromatic nitrogens is 2. The minimum absolute atomic E-state index is 0.111. The first-order valence-corrected chi connectivity index (χ1v) is 15.9. The second-order valence-corrected chi connectivity index (χ2v) is 13.0. The van der Waals surface area contributed by atoms with Gasteiger partial charge in [0.15, 0.2) is 0 Å². The lowest BCUT2D eigenvalue weighted by atomic mass is 9.70. The summed E-state index contributed by atoms with van der Waals surface area (Å²) in [6.45, 7) is 3.35. The molecule has 2 saturated heterocycles. The zero-order valence-electron chi connectivity index (χ0n) is 26.6. The fourth-order valence-corrected chi connectivity index (χ4v) is 6.68. The maximum absolute atomic E-state index is 14.1. The molecule has 2 N–H and O–H groups in total. The molecular formula is C35H39N7O5. The molecule has 3 atom stereocenters. The molecule has 1 saturated carbocycles. The molecule has 244 valence electrons. The Morgan fingerprint density at radius 1 is 1.00 bits per heavy atom. The zero-order valence-corrected chi connectivity index (χ0v) is 26.6. The summed E-state index contributed by atoms with van der Waals surface area (Å²) in [5, 5.41) is 19.5. The van der Waals surface area contributed by atoms with Crippen molar-refractivity contribution >= 4 is 23.6 Å². The first kappa shape index (κ1) is 31.9. The number of nitrogens with zero attached hydrogens (tertiary/aromatic N) is 5. The van der Waals surface area contributed by atoms with Gasteiger partial charge in [0.25, 0.3) is 5.91 Å². The summed E-state index contributed by atoms with van der Waals surface area (Å²) in [5.74, 6) is -1.97. The van der Waals surface area contributed by atoms with Crippen molar-refractivity contribution in [3.63, 3.8) is 0 Å². The lowest BCUT2D eigenvalue weighted by molar-refractivity contribution is -0.153. The molecule has 12 nitrogen and oxygen atoms in total. The minimum atomic E-state index is -0.986. The van der Waals surface area contributed by atoms with E-state index in [9.17, 15) is 24.4 Å². The monoisotopic (exact) mass is 637 g/mol. The molecule has 6 rings (SSSR count). The van der Waals surface area contributed by atoms with Gasteiger partial charge >= 0.3 is 0 Å². The van der Waals surface area contributed by atoms with Gasteiger partial charge in [0.1, 0.15) is 11.5 Å². The van der Waals surface area contributed by atoms with Crippen molar-refractivity contribution in [3.05, 3.63) is 89.7 Å². The summed E-state index contributed by atoms with van der Waals surface area (Å²) in [4.78, 5) is 57.3. The second kappa shape index (κ2) is 13.0. The van der Waals surface area contributed by atoms with Crippen LogP contribution in [0.15, 0.2) is 73.1 Å². The maximum Gasteiger partial charge on any atom is 0.257 e. The summed E-state index contributed by atoms with van der Waals surface area (Å²) in [6.07, 6.45) is 3.63. The third kappa shape index (κ3) is 6.49. The lowest BCUT2D eigenvalue weighted by Crippen LogP contribution is -2.66. The highest BCUT2D eigenvalue weighted by molar-refractivity contribution is 5.96. The van der Waals surface area contributed by atoms with Gasteiger partial charge in [-0.2, -0.15) is 10.4 Å². The van der Waals surface area contributed by atoms with Crippen molar-refractivity contribution < 1.29 is 23.9 Å². The average Bonchev–Trinajstić information content (AvgIpc) is 3.57. The maximum atomic E-state index is 14.1. The quantitative estimate of drug-likeness (QED) is 0.327. The van der Waals surface area contributed by atoms with Crippen molar-refractivity contribution in [2.24, 2.45) is 16.7 Å². The molecule has 0 unspecified atom stereocenters. The fourth-order valence-electron chi connectivity index (χ4n) is 6.68. The van der Waals surface area contributed by atoms with Crippen LogP contribution in [0.25, 0.3) is 0 Å². The Kier molecular flexibility index (Phi) is 8.84. The predicted octanol–water partition coefficient (Wildman–Crippen LogP) is 1.97. The van der Waals surface area contributed by atoms with Gasteiger partial charge in [-0.1, -0.05) is 60.7 Å². The number of likely N-dealkylation sites (tertiary alicyclic amines) is 2. The molecular weight excluding hydrogens is 598 g/mol. The molecule has 3 aliphatic rings. The average molecular weight is 638 g/mol. The Labute approximate surface area is 273 Å². The molecule has 2 aliphatic heterocycles. The topological polar surface area (TPSA) is 150 Å². The normalized spacial score (nSPS) is 20.1. The molecule has 2 aromatic carbocycles. The number of amides is 4. The van der Waals surface area contributed by atoms with Crippen LogP contribution in [-0.4, -0.2) is 88.6 Å². The smallest absolute Gasteiger partial charge is 0.257 e. The molecule has 0 bridgehead atoms. The van der Waals surface area contributed by atoms with Crippen LogP contribution in [0.1, 0.15) is 41.3 Å². The fraction of sp³-hybridized carbons (Fsp3) is 0.429. The van der Waals surface area contributed by atoms with E-state index in [4.69, 9.17) is 4.74 Å². The summed E-state index contributed by atoms with van der Waals surface area (Å²) in [5.41, 5.74) is 0.683. The summed E-state index contributed by atoms with van der Waals surface area (Å²) in [6, 6.07) is 20.5. The molecule has 3 fully saturated rings. The number of benzene rings is 2. The van der Waals surface area contributed by atoms with Gasteiger partial charge in [-0.15, -0.1) is 0 Å². The van der Waals surface area contributed by atoms with Crippen molar-refractivity contribution in [1.82, 2.24) is 30.2 Å². The predicted molar refractivity (Wildman–Crippen MR) is 170 cm³/mol. The molecule has 1 spiro atoms. The van der Waals surface area contributed by atoms with Crippen molar-refractivity contribution in [2.75, 3.05) is 33.2 Å². The number of nitrogens with one attached hydrogen (secondary N) is 2. The van der Waals surface area contributed by atoms with Gasteiger partial charge in [0, 0.05) is 44.8 Å². The van der Waals surface area contributed by atoms with E-state index >= 15 is 0 Å². The summed E-state index contributed by atoms with van der Waals surface area (Å²) >= 11 is 0. The molecule has 3 heterocycles. The van der Waals surface area contributed by atoms with E-state index in [0.717, 1.165) is 11.1 Å². The molecule has 12 heteroatoms. The van der Waals surface area contributed by atoms with E-state index in [1.807, 2.05) is 60.7 Å². The Bertz CT molecular complexity index is 1670. The van der Waals surface area contributed by atoms with Crippen LogP contribution in [0, 0.1) is 28.1 Å². The summed E-state index contributed by atoms with van der Waals surface area (Å²) in [7, 11) is 1.50. The molecule has 47 heavy (non-hydrogen) atoms. The van der Waals surface area contributed by atoms with Crippen LogP contribution in [0.3, 0.4) is 0 Å². The zero-order chi connectivity index (χ0) is 33.2. The van der Waals surface area contributed by atoms with Crippen LogP contribution in [-0.2, 0) is 32.3 Å². The Morgan fingerprint density at radius 2 is 1.64 bits per heavy atom. The van der Waals surface area contributed by atoms with E-state index in [-0.39, 0.29) is 44.6 Å². The molecule has 4 amide bonds. The lowest BCUT2D eigenvalue weighted by Gasteiger charge is -2.51. The molecule has 0 radical (unpaired) electrons. The standard InChI is InChI=1S/C35H39N7O5/c1-24(47-19-26-11-7-4-8-12-26)29(31(44)37-2)39-30(43)28-18-40(21-35(28)22-41(23-35)33(46)34(20-36)13-14-34)32(45)27-15-38-42(17-27)16-25-9-5-3-6-10-25/h3-12,15,17,24,28-29H,13-14,16,18-19,21-23H2,1-2H3,(H,37,44)(H,39,43)/t24-,28+,29+/m1/s1. The highest BCUT2D eigenvalue weighted by Gasteiger charge is 2.63. The number of carbonyl (C=O) groups is 4. The van der Waals surface area contributed by atoms with E-state index in [1.165, 1.54) is 13.2 Å². The summed E-state index contributed by atoms with van der Waals surface area (Å²) < 4.78 is 7.70. The Morgan fingerprint density at radius 3 is 2.26 bits per heavy atom. The molecule has 3 aromatic rings. The van der Waals surface area contributed by atoms with E-state index in [2.05, 4.69) is 21.8 Å². The van der Waals surface area contributed by atoms with E-state index in [1.54, 1.807) is 27.6 Å². The van der Waals surface area contributed by atoms with Gasteiger partial charge in [0.2, 0.25) is 17.7 Å². The highest BCUT2D eigenvalue weighted by Crippen LogP contribution is 2.51. The number of rotatable bonds is 11. The highest BCUT2D eigenvalue weighted by atomic mass is 16.5. The number of hydrogen-bond donors (Lipinski definition) is 2. The Hall–Kier alpha value is -5.02.